The molecule has 212 valence electrons. The smallest absolute Gasteiger partial charge is 0.331 e. The van der Waals surface area contributed by atoms with E-state index in [9.17, 15) is 9.90 Å². The summed E-state index contributed by atoms with van der Waals surface area (Å²) in [4.78, 5) is 18.1. The predicted octanol–water partition coefficient (Wildman–Crippen LogP) is 6.60. The summed E-state index contributed by atoms with van der Waals surface area (Å²) >= 11 is 13.1. The van der Waals surface area contributed by atoms with Crippen molar-refractivity contribution in [3.8, 4) is 0 Å². The van der Waals surface area contributed by atoms with Crippen molar-refractivity contribution in [1.82, 2.24) is 9.80 Å². The maximum atomic E-state index is 11.3. The summed E-state index contributed by atoms with van der Waals surface area (Å²) in [6.45, 7) is 3.38. The Morgan fingerprint density at radius 2 is 1.75 bits per heavy atom. The number of halogens is 2. The van der Waals surface area contributed by atoms with Gasteiger partial charge in [-0.2, -0.15) is 0 Å². The normalized spacial score (nSPS) is 31.4. The van der Waals surface area contributed by atoms with Gasteiger partial charge in [-0.25, -0.2) is 4.79 Å². The van der Waals surface area contributed by atoms with Gasteiger partial charge in [-0.3, -0.25) is 4.90 Å². The molecule has 2 aromatic rings. The van der Waals surface area contributed by atoms with E-state index in [0.29, 0.717) is 29.1 Å². The summed E-state index contributed by atoms with van der Waals surface area (Å²) in [6.07, 6.45) is 10.3. The van der Waals surface area contributed by atoms with Crippen LogP contribution in [0.1, 0.15) is 61.3 Å². The molecule has 2 unspecified atom stereocenters. The molecular weight excluding hydrogens is 541 g/mol. The van der Waals surface area contributed by atoms with Crippen LogP contribution in [-0.2, 0) is 11.2 Å². The number of allylic oxidation sites excluding steroid dienone is 2. The van der Waals surface area contributed by atoms with Crippen molar-refractivity contribution >= 4 is 34.9 Å². The number of benzene rings is 2. The van der Waals surface area contributed by atoms with Crippen molar-refractivity contribution in [2.75, 3.05) is 38.6 Å². The van der Waals surface area contributed by atoms with Crippen molar-refractivity contribution in [3.05, 3.63) is 88.0 Å². The molecule has 3 saturated heterocycles. The molecule has 0 amide bonds. The Balaban J connectivity index is 0.000000145. The molecule has 1 aliphatic carbocycles. The van der Waals surface area contributed by atoms with Gasteiger partial charge in [0.05, 0.1) is 10.9 Å². The molecule has 5 aliphatic rings. The highest BCUT2D eigenvalue weighted by molar-refractivity contribution is 6.34. The largest absolute Gasteiger partial charge is 0.478 e. The third-order valence-electron chi connectivity index (χ3n) is 10.1. The number of carbonyl (C=O) groups is 1. The van der Waals surface area contributed by atoms with E-state index in [4.69, 9.17) is 23.2 Å². The van der Waals surface area contributed by atoms with Crippen LogP contribution in [0.15, 0.2) is 71.3 Å². The van der Waals surface area contributed by atoms with Crippen molar-refractivity contribution in [3.63, 3.8) is 0 Å². The van der Waals surface area contributed by atoms with Crippen LogP contribution in [0.2, 0.25) is 0 Å². The Morgan fingerprint density at radius 1 is 1.00 bits per heavy atom. The molecule has 0 radical (unpaired) electrons. The van der Waals surface area contributed by atoms with Crippen molar-refractivity contribution in [1.29, 1.82) is 0 Å². The summed E-state index contributed by atoms with van der Waals surface area (Å²) in [5.41, 5.74) is 6.04. The molecule has 0 saturated carbocycles. The average Bonchev–Trinajstić information content (AvgIpc) is 3.08. The number of piperazine rings is 1. The first-order chi connectivity index (χ1) is 19.2. The summed E-state index contributed by atoms with van der Waals surface area (Å²) in [6, 6.07) is 18.9. The van der Waals surface area contributed by atoms with Crippen LogP contribution in [0.25, 0.3) is 0 Å². The number of aliphatic carboxylic acids is 1. The Labute approximate surface area is 248 Å². The topological polar surface area (TPSA) is 47.0 Å². The summed E-state index contributed by atoms with van der Waals surface area (Å²) < 4.78 is 0. The number of anilines is 1. The molecule has 2 aromatic carbocycles. The lowest BCUT2D eigenvalue weighted by atomic mass is 9.72. The highest BCUT2D eigenvalue weighted by Crippen LogP contribution is 2.55. The molecule has 0 spiro atoms. The molecule has 5 nitrogen and oxygen atoms in total. The number of hydrogen-bond donors (Lipinski definition) is 1. The SMILES string of the molecule is CN1CCN2c3ccccc3Cc3ccccc3C2C1.CN1[C@@H]2CCC[C@@]1(C1(Cl)C=C(Cl)C=C(C(=O)O)C1)CC2. The second-order valence-corrected chi connectivity index (χ2v) is 13.4. The van der Waals surface area contributed by atoms with Gasteiger partial charge in [0, 0.05) is 53.9 Å². The fourth-order valence-corrected chi connectivity index (χ4v) is 8.94. The van der Waals surface area contributed by atoms with Gasteiger partial charge in [-0.05, 0) is 87.5 Å². The van der Waals surface area contributed by atoms with E-state index in [1.165, 1.54) is 34.9 Å². The molecule has 7 heteroatoms. The quantitative estimate of drug-likeness (QED) is 0.406. The number of piperidine rings is 1. The zero-order valence-electron chi connectivity index (χ0n) is 23.5. The van der Waals surface area contributed by atoms with Gasteiger partial charge in [0.1, 0.15) is 0 Å². The number of carboxylic acids is 1. The van der Waals surface area contributed by atoms with E-state index in [2.05, 4.69) is 77.3 Å². The van der Waals surface area contributed by atoms with Crippen LogP contribution in [0.3, 0.4) is 0 Å². The van der Waals surface area contributed by atoms with Gasteiger partial charge in [-0.1, -0.05) is 54.1 Å². The minimum atomic E-state index is -0.925. The predicted molar refractivity (Wildman–Crippen MR) is 163 cm³/mol. The van der Waals surface area contributed by atoms with Crippen molar-refractivity contribution in [2.24, 2.45) is 0 Å². The van der Waals surface area contributed by atoms with Crippen LogP contribution in [0, 0.1) is 0 Å². The lowest BCUT2D eigenvalue weighted by Crippen LogP contribution is -2.60. The van der Waals surface area contributed by atoms with E-state index in [1.54, 1.807) is 0 Å². The van der Waals surface area contributed by atoms with E-state index in [0.717, 1.165) is 51.7 Å². The number of nitrogens with zero attached hydrogens (tertiary/aromatic N) is 3. The van der Waals surface area contributed by atoms with Gasteiger partial charge >= 0.3 is 5.97 Å². The zero-order valence-corrected chi connectivity index (χ0v) is 25.0. The number of likely N-dealkylation sites (N-methyl/N-ethyl adjacent to an activating group) is 1. The number of fused-ring (bicyclic) bond motifs is 7. The first-order valence-corrected chi connectivity index (χ1v) is 15.3. The van der Waals surface area contributed by atoms with Crippen LogP contribution in [0.5, 0.6) is 0 Å². The Hall–Kier alpha value is -2.31. The van der Waals surface area contributed by atoms with E-state index < -0.39 is 10.8 Å². The summed E-state index contributed by atoms with van der Waals surface area (Å²) in [5.74, 6) is -0.925. The molecule has 2 bridgehead atoms. The molecule has 4 atom stereocenters. The van der Waals surface area contributed by atoms with Crippen LogP contribution in [0.4, 0.5) is 5.69 Å². The lowest BCUT2D eigenvalue weighted by Gasteiger charge is -2.52. The fraction of sp³-hybridized carbons (Fsp3) is 0.485. The highest BCUT2D eigenvalue weighted by Gasteiger charge is 2.58. The Bertz CT molecular complexity index is 1350. The van der Waals surface area contributed by atoms with Crippen molar-refractivity contribution in [2.45, 2.75) is 67.4 Å². The van der Waals surface area contributed by atoms with Gasteiger partial charge in [0.15, 0.2) is 0 Å². The number of para-hydroxylation sites is 1. The second-order valence-electron chi connectivity index (χ2n) is 12.2. The fourth-order valence-electron chi connectivity index (χ4n) is 7.99. The molecule has 0 aromatic heterocycles. The number of alkyl halides is 1. The second kappa shape index (κ2) is 10.8. The van der Waals surface area contributed by atoms with Gasteiger partial charge < -0.3 is 14.9 Å². The van der Waals surface area contributed by atoms with Gasteiger partial charge in [0.2, 0.25) is 0 Å². The first kappa shape index (κ1) is 27.8. The molecule has 40 heavy (non-hydrogen) atoms. The van der Waals surface area contributed by atoms with Crippen LogP contribution >= 0.6 is 23.2 Å². The molecule has 1 N–H and O–H groups in total. The maximum absolute atomic E-state index is 11.3. The average molecular weight is 581 g/mol. The first-order valence-electron chi connectivity index (χ1n) is 14.6. The Morgan fingerprint density at radius 3 is 2.55 bits per heavy atom. The number of hydrogen-bond acceptors (Lipinski definition) is 4. The van der Waals surface area contributed by atoms with Crippen LogP contribution in [-0.4, -0.2) is 71.1 Å². The third kappa shape index (κ3) is 4.79. The van der Waals surface area contributed by atoms with Crippen LogP contribution < -0.4 is 4.90 Å². The summed E-state index contributed by atoms with van der Waals surface area (Å²) in [7, 11) is 4.36. The molecule has 4 aliphatic heterocycles. The standard InChI is InChI=1S/C18H20N2.C15H19Cl2NO2/c1-19-10-11-20-17-9-5-3-7-15(17)12-14-6-2-4-8-16(14)18(20)13-19;1-18-12-3-2-5-15(18,6-4-12)14(17)8-10(13(19)20)7-11(16)9-14/h2-9,18H,10-13H2,1H3;7,9,12H,2-6,8H2,1H3,(H,19,20)/t;12-,14?,15+/m.1/s1. The van der Waals surface area contributed by atoms with Gasteiger partial charge in [-0.15, -0.1) is 11.6 Å². The number of carboxylic acid groups (broad SMARTS) is 1. The Kier molecular flexibility index (Phi) is 7.54. The van der Waals surface area contributed by atoms with E-state index >= 15 is 0 Å². The molecular formula is C33H39Cl2N3O2. The minimum Gasteiger partial charge on any atom is -0.478 e. The van der Waals surface area contributed by atoms with E-state index in [1.807, 2.05) is 6.08 Å². The monoisotopic (exact) mass is 579 g/mol. The maximum Gasteiger partial charge on any atom is 0.331 e. The third-order valence-corrected chi connectivity index (χ3v) is 10.9. The molecule has 3 fully saturated rings. The molecule has 7 rings (SSSR count). The molecule has 4 heterocycles. The number of rotatable bonds is 2. The van der Waals surface area contributed by atoms with Crippen molar-refractivity contribution < 1.29 is 9.90 Å². The summed E-state index contributed by atoms with van der Waals surface area (Å²) in [5, 5.41) is 9.74. The minimum absolute atomic E-state index is 0.160. The lowest BCUT2D eigenvalue weighted by molar-refractivity contribution is -0.133. The zero-order chi connectivity index (χ0) is 28.1. The highest BCUT2D eigenvalue weighted by atomic mass is 35.5. The van der Waals surface area contributed by atoms with E-state index in [-0.39, 0.29) is 5.54 Å². The van der Waals surface area contributed by atoms with Gasteiger partial charge in [0.25, 0.3) is 0 Å².